The first-order chi connectivity index (χ1) is 7.72. The molecule has 3 N–H and O–H groups in total. The second-order valence-electron chi connectivity index (χ2n) is 4.19. The maximum absolute atomic E-state index is 11.1. The topological polar surface area (TPSA) is 98.1 Å². The van der Waals surface area contributed by atoms with Crippen molar-refractivity contribution in [2.75, 3.05) is 13.1 Å². The van der Waals surface area contributed by atoms with Gasteiger partial charge in [0.05, 0.1) is 12.2 Å². The molecule has 0 heterocycles. The van der Waals surface area contributed by atoms with Crippen LogP contribution in [0.15, 0.2) is 0 Å². The molecule has 0 aliphatic rings. The summed E-state index contributed by atoms with van der Waals surface area (Å²) in [6.45, 7) is 5.09. The summed E-state index contributed by atoms with van der Waals surface area (Å²) in [4.78, 5) is 1.37. The summed E-state index contributed by atoms with van der Waals surface area (Å²) in [5, 5.41) is 17.9. The van der Waals surface area contributed by atoms with E-state index < -0.39 is 27.7 Å². The van der Waals surface area contributed by atoms with Crippen molar-refractivity contribution in [2.45, 2.75) is 51.2 Å². The van der Waals surface area contributed by atoms with E-state index in [4.69, 9.17) is 4.55 Å². The van der Waals surface area contributed by atoms with Gasteiger partial charge < -0.3 is 10.2 Å². The highest BCUT2D eigenvalue weighted by Crippen LogP contribution is 2.10. The molecule has 0 bridgehead atoms. The molecule has 3 unspecified atom stereocenters. The van der Waals surface area contributed by atoms with Gasteiger partial charge in [-0.2, -0.15) is 8.42 Å². The third kappa shape index (κ3) is 6.32. The van der Waals surface area contributed by atoms with Crippen LogP contribution in [-0.2, 0) is 10.1 Å². The zero-order valence-corrected chi connectivity index (χ0v) is 11.4. The van der Waals surface area contributed by atoms with E-state index in [9.17, 15) is 18.6 Å². The first-order valence-corrected chi connectivity index (χ1v) is 7.29. The van der Waals surface area contributed by atoms with Crippen molar-refractivity contribution < 1.29 is 23.2 Å². The van der Waals surface area contributed by atoms with Crippen LogP contribution in [0.25, 0.3) is 0 Å². The Labute approximate surface area is 103 Å². The molecule has 17 heavy (non-hydrogen) atoms. The number of hydrogen-bond acceptors (Lipinski definition) is 5. The smallest absolute Gasteiger partial charge is 0.280 e. The first-order valence-electron chi connectivity index (χ1n) is 5.78. The molecule has 104 valence electrons. The lowest BCUT2D eigenvalue weighted by molar-refractivity contribution is 0.0603. The third-order valence-electron chi connectivity index (χ3n) is 2.78. The van der Waals surface area contributed by atoms with Gasteiger partial charge in [0.1, 0.15) is 5.37 Å². The van der Waals surface area contributed by atoms with Gasteiger partial charge in [-0.25, -0.2) is 0 Å². The number of rotatable bonds is 8. The first kappa shape index (κ1) is 16.8. The van der Waals surface area contributed by atoms with Gasteiger partial charge in [-0.3, -0.25) is 9.45 Å². The van der Waals surface area contributed by atoms with Crippen molar-refractivity contribution in [3.05, 3.63) is 0 Å². The van der Waals surface area contributed by atoms with Gasteiger partial charge in [0.15, 0.2) is 0 Å². The van der Waals surface area contributed by atoms with Crippen LogP contribution in [0.1, 0.15) is 33.6 Å². The van der Waals surface area contributed by atoms with Crippen LogP contribution in [0.5, 0.6) is 0 Å². The van der Waals surface area contributed by atoms with E-state index in [-0.39, 0.29) is 13.1 Å². The number of aliphatic hydroxyl groups is 2. The Hall–Kier alpha value is -0.210. The maximum atomic E-state index is 11.1. The van der Waals surface area contributed by atoms with Crippen molar-refractivity contribution in [1.82, 2.24) is 4.90 Å². The van der Waals surface area contributed by atoms with Crippen molar-refractivity contribution in [2.24, 2.45) is 0 Å². The zero-order valence-electron chi connectivity index (χ0n) is 10.6. The molecule has 0 spiro atoms. The molecular formula is C10H23NO5S. The monoisotopic (exact) mass is 269 g/mol. The normalized spacial score (nSPS) is 18.1. The minimum absolute atomic E-state index is 0.106. The molecule has 6 nitrogen and oxygen atoms in total. The summed E-state index contributed by atoms with van der Waals surface area (Å²) in [6, 6.07) is 0. The summed E-state index contributed by atoms with van der Waals surface area (Å²) in [7, 11) is -4.21. The summed E-state index contributed by atoms with van der Waals surface area (Å²) >= 11 is 0. The highest BCUT2D eigenvalue weighted by atomic mass is 32.2. The molecule has 3 atom stereocenters. The Morgan fingerprint density at radius 1 is 1.06 bits per heavy atom. The Kier molecular flexibility index (Phi) is 7.18. The minimum Gasteiger partial charge on any atom is -0.392 e. The molecule has 0 fully saturated rings. The molecule has 0 aliphatic carbocycles. The average Bonchev–Trinajstić information content (AvgIpc) is 2.25. The molecule has 0 saturated heterocycles. The molecular weight excluding hydrogens is 246 g/mol. The zero-order chi connectivity index (χ0) is 13.6. The average molecular weight is 269 g/mol. The van der Waals surface area contributed by atoms with Gasteiger partial charge in [-0.1, -0.05) is 13.8 Å². The SMILES string of the molecule is CCC(O)CN(CC(O)CC)C(C)S(=O)(=O)O. The number of aliphatic hydroxyl groups excluding tert-OH is 2. The van der Waals surface area contributed by atoms with Gasteiger partial charge in [0, 0.05) is 13.1 Å². The third-order valence-corrected chi connectivity index (χ3v) is 3.94. The highest BCUT2D eigenvalue weighted by molar-refractivity contribution is 7.86. The molecule has 0 aliphatic heterocycles. The van der Waals surface area contributed by atoms with Crippen LogP contribution in [0.3, 0.4) is 0 Å². The van der Waals surface area contributed by atoms with Crippen LogP contribution >= 0.6 is 0 Å². The quantitative estimate of drug-likeness (QED) is 0.539. The Bertz CT molecular complexity index is 294. The lowest BCUT2D eigenvalue weighted by Crippen LogP contribution is -2.46. The Morgan fingerprint density at radius 2 is 1.41 bits per heavy atom. The van der Waals surface area contributed by atoms with Gasteiger partial charge in [-0.05, 0) is 19.8 Å². The van der Waals surface area contributed by atoms with Crippen LogP contribution in [-0.4, -0.2) is 58.8 Å². The Balaban J connectivity index is 4.72. The Morgan fingerprint density at radius 3 is 1.65 bits per heavy atom. The van der Waals surface area contributed by atoms with Crippen molar-refractivity contribution in [1.29, 1.82) is 0 Å². The van der Waals surface area contributed by atoms with Crippen molar-refractivity contribution in [3.63, 3.8) is 0 Å². The molecule has 0 radical (unpaired) electrons. The van der Waals surface area contributed by atoms with E-state index >= 15 is 0 Å². The molecule has 0 rings (SSSR count). The number of hydrogen-bond donors (Lipinski definition) is 3. The predicted molar refractivity (Wildman–Crippen MR) is 65.2 cm³/mol. The second-order valence-corrected chi connectivity index (χ2v) is 5.90. The lowest BCUT2D eigenvalue weighted by atomic mass is 10.2. The highest BCUT2D eigenvalue weighted by Gasteiger charge is 2.27. The molecule has 7 heteroatoms. The van der Waals surface area contributed by atoms with Crippen LogP contribution in [0.2, 0.25) is 0 Å². The molecule has 0 saturated carbocycles. The largest absolute Gasteiger partial charge is 0.392 e. The summed E-state index contributed by atoms with van der Waals surface area (Å²) in [5.41, 5.74) is 0. The van der Waals surface area contributed by atoms with Crippen molar-refractivity contribution >= 4 is 10.1 Å². The fourth-order valence-electron chi connectivity index (χ4n) is 1.36. The van der Waals surface area contributed by atoms with Crippen LogP contribution in [0.4, 0.5) is 0 Å². The molecule has 0 aromatic carbocycles. The minimum atomic E-state index is -4.21. The standard InChI is InChI=1S/C10H23NO5S/c1-4-9(12)6-11(7-10(13)5-2)8(3)17(14,15)16/h8-10,12-13H,4-7H2,1-3H3,(H,14,15,16). The lowest BCUT2D eigenvalue weighted by Gasteiger charge is -2.30. The number of nitrogens with zero attached hydrogens (tertiary/aromatic N) is 1. The van der Waals surface area contributed by atoms with Crippen LogP contribution < -0.4 is 0 Å². The van der Waals surface area contributed by atoms with Gasteiger partial charge >= 0.3 is 0 Å². The van der Waals surface area contributed by atoms with Crippen molar-refractivity contribution in [3.8, 4) is 0 Å². The fraction of sp³-hybridized carbons (Fsp3) is 1.00. The van der Waals surface area contributed by atoms with E-state index in [0.29, 0.717) is 12.8 Å². The molecule has 0 amide bonds. The van der Waals surface area contributed by atoms with E-state index in [1.54, 1.807) is 13.8 Å². The predicted octanol–water partition coefficient (Wildman–Crippen LogP) is 0.0640. The van der Waals surface area contributed by atoms with Gasteiger partial charge in [-0.15, -0.1) is 0 Å². The van der Waals surface area contributed by atoms with E-state index in [1.165, 1.54) is 11.8 Å². The maximum Gasteiger partial charge on any atom is 0.280 e. The summed E-state index contributed by atoms with van der Waals surface area (Å²) < 4.78 is 31.1. The van der Waals surface area contributed by atoms with E-state index in [0.717, 1.165) is 0 Å². The molecule has 0 aromatic rings. The summed E-state index contributed by atoms with van der Waals surface area (Å²) in [6.07, 6.45) is -0.389. The fourth-order valence-corrected chi connectivity index (χ4v) is 1.91. The van der Waals surface area contributed by atoms with Crippen LogP contribution in [0, 0.1) is 0 Å². The van der Waals surface area contributed by atoms with Gasteiger partial charge in [0.2, 0.25) is 0 Å². The van der Waals surface area contributed by atoms with Gasteiger partial charge in [0.25, 0.3) is 10.1 Å². The summed E-state index contributed by atoms with van der Waals surface area (Å²) in [5.74, 6) is 0. The van der Waals surface area contributed by atoms with E-state index in [1.807, 2.05) is 0 Å². The second kappa shape index (κ2) is 7.27. The van der Waals surface area contributed by atoms with E-state index in [2.05, 4.69) is 0 Å². The molecule has 0 aromatic heterocycles.